The smallest absolute Gasteiger partial charge is 0.343 e. The van der Waals surface area contributed by atoms with Crippen molar-refractivity contribution in [3.05, 3.63) is 43.8 Å². The number of piperidine rings is 1. The zero-order chi connectivity index (χ0) is 16.4. The molecule has 0 bridgehead atoms. The number of aromatic nitrogens is 1. The second-order valence-corrected chi connectivity index (χ2v) is 6.91. The number of carbonyl (C=O) groups excluding carboxylic acids is 1. The maximum atomic E-state index is 12.7. The molecule has 0 amide bonds. The van der Waals surface area contributed by atoms with Gasteiger partial charge in [-0.1, -0.05) is 0 Å². The first-order valence-corrected chi connectivity index (χ1v) is 8.92. The quantitative estimate of drug-likeness (QED) is 0.606. The number of carbonyl (C=O) groups is 1. The van der Waals surface area contributed by atoms with E-state index in [9.17, 15) is 9.59 Å². The molecule has 1 aromatic heterocycles. The third kappa shape index (κ3) is 3.28. The van der Waals surface area contributed by atoms with Gasteiger partial charge in [0.25, 0.3) is 0 Å². The van der Waals surface area contributed by atoms with Gasteiger partial charge in [0.1, 0.15) is 5.56 Å². The van der Waals surface area contributed by atoms with Gasteiger partial charge < -0.3 is 14.6 Å². The lowest BCUT2D eigenvalue weighted by atomic mass is 10.0. The first-order valence-electron chi connectivity index (χ1n) is 7.84. The Labute approximate surface area is 148 Å². The number of pyridine rings is 1. The van der Waals surface area contributed by atoms with Crippen molar-refractivity contribution in [1.29, 1.82) is 0 Å². The summed E-state index contributed by atoms with van der Waals surface area (Å²) >= 11 is 2.18. The van der Waals surface area contributed by atoms with Gasteiger partial charge in [-0.15, -0.1) is 0 Å². The maximum absolute atomic E-state index is 12.7. The molecule has 2 heterocycles. The van der Waals surface area contributed by atoms with Crippen LogP contribution in [0.1, 0.15) is 36.2 Å². The summed E-state index contributed by atoms with van der Waals surface area (Å²) < 4.78 is 8.09. The van der Waals surface area contributed by atoms with Crippen LogP contribution in [0.5, 0.6) is 0 Å². The molecular formula is C17H19IN2O3. The molecule has 0 unspecified atom stereocenters. The highest BCUT2D eigenvalue weighted by Crippen LogP contribution is 2.23. The van der Waals surface area contributed by atoms with Crippen molar-refractivity contribution in [1.82, 2.24) is 9.88 Å². The lowest BCUT2D eigenvalue weighted by Crippen LogP contribution is -2.33. The molecule has 2 aromatic rings. The Morgan fingerprint density at radius 2 is 2.30 bits per heavy atom. The van der Waals surface area contributed by atoms with Crippen LogP contribution in [0.2, 0.25) is 0 Å². The zero-order valence-corrected chi connectivity index (χ0v) is 15.1. The van der Waals surface area contributed by atoms with Gasteiger partial charge in [0.05, 0.1) is 12.1 Å². The van der Waals surface area contributed by atoms with Gasteiger partial charge in [0, 0.05) is 27.7 Å². The average Bonchev–Trinajstić information content (AvgIpc) is 2.56. The molecule has 3 rings (SSSR count). The standard InChI is InChI=1S/C17H19IN2O3/c1-2-23-17(22)14-10-20(12-4-3-7-19-9-12)15-6-5-11(18)8-13(15)16(14)21/h5-6,8,10,12,19H,2-4,7,9H2,1H3/t12-/m0/s1. The highest BCUT2D eigenvalue weighted by Gasteiger charge is 2.21. The molecule has 1 aliphatic rings. The Bertz CT molecular complexity index is 794. The van der Waals surface area contributed by atoms with Crippen LogP contribution >= 0.6 is 22.6 Å². The Hall–Kier alpha value is -1.41. The average molecular weight is 426 g/mol. The molecule has 0 saturated carbocycles. The van der Waals surface area contributed by atoms with Crippen LogP contribution < -0.4 is 10.7 Å². The van der Waals surface area contributed by atoms with E-state index in [1.165, 1.54) is 0 Å². The minimum absolute atomic E-state index is 0.118. The third-order valence-electron chi connectivity index (χ3n) is 4.15. The van der Waals surface area contributed by atoms with Crippen molar-refractivity contribution in [2.24, 2.45) is 0 Å². The van der Waals surface area contributed by atoms with Gasteiger partial charge in [-0.3, -0.25) is 4.79 Å². The fraction of sp³-hybridized carbons (Fsp3) is 0.412. The van der Waals surface area contributed by atoms with Crippen LogP contribution in [0.15, 0.2) is 29.2 Å². The number of fused-ring (bicyclic) bond motifs is 1. The minimum Gasteiger partial charge on any atom is -0.462 e. The molecule has 1 saturated heterocycles. The summed E-state index contributed by atoms with van der Waals surface area (Å²) in [6, 6.07) is 6.02. The second-order valence-electron chi connectivity index (χ2n) is 5.66. The van der Waals surface area contributed by atoms with E-state index in [1.807, 2.05) is 18.2 Å². The van der Waals surface area contributed by atoms with Crippen molar-refractivity contribution in [2.75, 3.05) is 19.7 Å². The Balaban J connectivity index is 2.22. The first-order chi connectivity index (χ1) is 11.1. The Morgan fingerprint density at radius 3 is 3.00 bits per heavy atom. The molecular weight excluding hydrogens is 407 g/mol. The van der Waals surface area contributed by atoms with E-state index < -0.39 is 5.97 Å². The number of nitrogens with zero attached hydrogens (tertiary/aromatic N) is 1. The number of esters is 1. The predicted octanol–water partition coefficient (Wildman–Crippen LogP) is 2.71. The molecule has 1 aromatic carbocycles. The normalized spacial score (nSPS) is 18.1. The van der Waals surface area contributed by atoms with E-state index in [0.717, 1.165) is 35.0 Å². The van der Waals surface area contributed by atoms with Crippen LogP contribution in [0.3, 0.4) is 0 Å². The van der Waals surface area contributed by atoms with Gasteiger partial charge in [-0.05, 0) is 67.1 Å². The second kappa shape index (κ2) is 7.00. The van der Waals surface area contributed by atoms with E-state index in [1.54, 1.807) is 13.1 Å². The Morgan fingerprint density at radius 1 is 1.48 bits per heavy atom. The fourth-order valence-electron chi connectivity index (χ4n) is 3.05. The summed E-state index contributed by atoms with van der Waals surface area (Å²) in [6.07, 6.45) is 3.78. The van der Waals surface area contributed by atoms with Gasteiger partial charge in [0.2, 0.25) is 5.43 Å². The SMILES string of the molecule is CCOC(=O)c1cn([C@H]2CCCNC2)c2ccc(I)cc2c1=O. The lowest BCUT2D eigenvalue weighted by Gasteiger charge is -2.27. The number of benzene rings is 1. The zero-order valence-electron chi connectivity index (χ0n) is 13.0. The molecule has 1 atom stereocenters. The van der Waals surface area contributed by atoms with Crippen LogP contribution in [0.4, 0.5) is 0 Å². The number of ether oxygens (including phenoxy) is 1. The highest BCUT2D eigenvalue weighted by molar-refractivity contribution is 14.1. The topological polar surface area (TPSA) is 60.3 Å². The summed E-state index contributed by atoms with van der Waals surface area (Å²) in [4.78, 5) is 24.9. The van der Waals surface area contributed by atoms with Crippen LogP contribution in [0, 0.1) is 3.57 Å². The molecule has 1 fully saturated rings. The van der Waals surface area contributed by atoms with Crippen LogP contribution in [-0.4, -0.2) is 30.2 Å². The van der Waals surface area contributed by atoms with E-state index in [4.69, 9.17) is 4.74 Å². The van der Waals surface area contributed by atoms with E-state index in [0.29, 0.717) is 5.39 Å². The third-order valence-corrected chi connectivity index (χ3v) is 4.82. The van der Waals surface area contributed by atoms with Crippen LogP contribution in [-0.2, 0) is 4.74 Å². The summed E-state index contributed by atoms with van der Waals surface area (Å²) in [5.41, 5.74) is 0.737. The summed E-state index contributed by atoms with van der Waals surface area (Å²) in [6.45, 7) is 3.85. The van der Waals surface area contributed by atoms with Gasteiger partial charge in [0.15, 0.2) is 0 Å². The van der Waals surface area contributed by atoms with Crippen molar-refractivity contribution in [3.8, 4) is 0 Å². The van der Waals surface area contributed by atoms with E-state index in [-0.39, 0.29) is 23.6 Å². The molecule has 1 aliphatic heterocycles. The molecule has 5 nitrogen and oxygen atoms in total. The lowest BCUT2D eigenvalue weighted by molar-refractivity contribution is 0.0524. The largest absolute Gasteiger partial charge is 0.462 e. The predicted molar refractivity (Wildman–Crippen MR) is 98.0 cm³/mol. The van der Waals surface area contributed by atoms with Crippen molar-refractivity contribution in [2.45, 2.75) is 25.8 Å². The minimum atomic E-state index is -0.546. The molecule has 0 aliphatic carbocycles. The van der Waals surface area contributed by atoms with Gasteiger partial charge in [-0.2, -0.15) is 0 Å². The first kappa shape index (κ1) is 16.4. The molecule has 0 radical (unpaired) electrons. The molecule has 23 heavy (non-hydrogen) atoms. The molecule has 6 heteroatoms. The Kier molecular flexibility index (Phi) is 5.01. The van der Waals surface area contributed by atoms with Gasteiger partial charge >= 0.3 is 5.97 Å². The number of hydrogen-bond donors (Lipinski definition) is 1. The molecule has 122 valence electrons. The molecule has 1 N–H and O–H groups in total. The van der Waals surface area contributed by atoms with E-state index >= 15 is 0 Å². The number of halogens is 1. The fourth-order valence-corrected chi connectivity index (χ4v) is 3.55. The summed E-state index contributed by atoms with van der Waals surface area (Å²) in [5, 5.41) is 3.96. The number of hydrogen-bond acceptors (Lipinski definition) is 4. The monoisotopic (exact) mass is 426 g/mol. The summed E-state index contributed by atoms with van der Waals surface area (Å²) in [5.74, 6) is -0.546. The number of rotatable bonds is 3. The van der Waals surface area contributed by atoms with Crippen molar-refractivity contribution >= 4 is 39.5 Å². The molecule has 0 spiro atoms. The van der Waals surface area contributed by atoms with Crippen molar-refractivity contribution in [3.63, 3.8) is 0 Å². The van der Waals surface area contributed by atoms with Crippen molar-refractivity contribution < 1.29 is 9.53 Å². The van der Waals surface area contributed by atoms with E-state index in [2.05, 4.69) is 32.5 Å². The highest BCUT2D eigenvalue weighted by atomic mass is 127. The summed E-state index contributed by atoms with van der Waals surface area (Å²) in [7, 11) is 0. The number of nitrogens with one attached hydrogen (secondary N) is 1. The maximum Gasteiger partial charge on any atom is 0.343 e. The van der Waals surface area contributed by atoms with Crippen LogP contribution in [0.25, 0.3) is 10.9 Å². The van der Waals surface area contributed by atoms with Gasteiger partial charge in [-0.25, -0.2) is 4.79 Å².